The molecule has 0 amide bonds. The lowest BCUT2D eigenvalue weighted by Crippen LogP contribution is -2.00. The Morgan fingerprint density at radius 3 is 1.51 bits per heavy atom. The van der Waals surface area contributed by atoms with Crippen molar-refractivity contribution in [3.05, 3.63) is 102 Å². The van der Waals surface area contributed by atoms with Gasteiger partial charge in [0, 0.05) is 0 Å². The van der Waals surface area contributed by atoms with Gasteiger partial charge in [0.05, 0.1) is 36.0 Å². The van der Waals surface area contributed by atoms with E-state index in [1.54, 1.807) is 48.6 Å². The predicted octanol–water partition coefficient (Wildman–Crippen LogP) is 9.04. The smallest absolute Gasteiger partial charge is 0.295 e. The molecular formula is C31H30N4O5S. The van der Waals surface area contributed by atoms with Crippen LogP contribution >= 0.6 is 0 Å². The van der Waals surface area contributed by atoms with Gasteiger partial charge >= 0.3 is 0 Å². The van der Waals surface area contributed by atoms with Crippen molar-refractivity contribution in [2.24, 2.45) is 20.5 Å². The molecule has 0 saturated carbocycles. The summed E-state index contributed by atoms with van der Waals surface area (Å²) in [4.78, 5) is -0.268. The van der Waals surface area contributed by atoms with E-state index in [0.29, 0.717) is 35.8 Å². The second kappa shape index (κ2) is 13.6. The van der Waals surface area contributed by atoms with Crippen molar-refractivity contribution in [1.29, 1.82) is 0 Å². The molecule has 0 atom stereocenters. The summed E-state index contributed by atoms with van der Waals surface area (Å²) < 4.78 is 45.0. The molecule has 1 N–H and O–H groups in total. The molecule has 0 spiro atoms. The van der Waals surface area contributed by atoms with E-state index < -0.39 is 10.1 Å². The van der Waals surface area contributed by atoms with Crippen LogP contribution in [0.5, 0.6) is 11.5 Å². The first-order chi connectivity index (χ1) is 19.7. The maximum Gasteiger partial charge on any atom is 0.295 e. The molecule has 4 aromatic carbocycles. The maximum atomic E-state index is 12.1. The van der Waals surface area contributed by atoms with Crippen LogP contribution in [0.2, 0.25) is 0 Å². The third kappa shape index (κ3) is 8.41. The second-order valence-electron chi connectivity index (χ2n) is 8.83. The SMILES string of the molecule is CCOc1ccc(N=Nc2ccc(/C=C/c3ccc(N=Nc4ccc(OCC)cc4)cc3S(=O)(=O)O)c(C)c2)cc1. The van der Waals surface area contributed by atoms with Gasteiger partial charge < -0.3 is 9.47 Å². The lowest BCUT2D eigenvalue weighted by molar-refractivity contribution is 0.340. The molecule has 10 heteroatoms. The van der Waals surface area contributed by atoms with Crippen molar-refractivity contribution in [2.45, 2.75) is 25.7 Å². The molecule has 0 aromatic heterocycles. The third-order valence-electron chi connectivity index (χ3n) is 5.83. The zero-order chi connectivity index (χ0) is 29.2. The molecule has 0 fully saturated rings. The molecule has 0 radical (unpaired) electrons. The van der Waals surface area contributed by atoms with Gasteiger partial charge in [0.25, 0.3) is 10.1 Å². The van der Waals surface area contributed by atoms with Gasteiger partial charge in [0.2, 0.25) is 0 Å². The Morgan fingerprint density at radius 1 is 0.634 bits per heavy atom. The average molecular weight is 571 g/mol. The minimum atomic E-state index is -4.52. The first kappa shape index (κ1) is 29.3. The van der Waals surface area contributed by atoms with Gasteiger partial charge in [0.15, 0.2) is 0 Å². The van der Waals surface area contributed by atoms with E-state index in [2.05, 4.69) is 20.5 Å². The van der Waals surface area contributed by atoms with Crippen molar-refractivity contribution in [3.63, 3.8) is 0 Å². The van der Waals surface area contributed by atoms with Gasteiger partial charge in [0.1, 0.15) is 16.4 Å². The fourth-order valence-electron chi connectivity index (χ4n) is 3.82. The molecule has 0 heterocycles. The number of hydrogen-bond donors (Lipinski definition) is 1. The zero-order valence-electron chi connectivity index (χ0n) is 22.9. The van der Waals surface area contributed by atoms with Crippen molar-refractivity contribution in [2.75, 3.05) is 13.2 Å². The molecule has 41 heavy (non-hydrogen) atoms. The largest absolute Gasteiger partial charge is 0.494 e. The van der Waals surface area contributed by atoms with E-state index in [9.17, 15) is 13.0 Å². The Balaban J connectivity index is 1.50. The minimum Gasteiger partial charge on any atom is -0.494 e. The number of rotatable bonds is 11. The van der Waals surface area contributed by atoms with Crippen LogP contribution < -0.4 is 9.47 Å². The van der Waals surface area contributed by atoms with Gasteiger partial charge in [-0.1, -0.05) is 24.3 Å². The molecule has 0 unspecified atom stereocenters. The fourth-order valence-corrected chi connectivity index (χ4v) is 4.52. The molecule has 4 aromatic rings. The van der Waals surface area contributed by atoms with E-state index in [4.69, 9.17) is 9.47 Å². The number of nitrogens with zero attached hydrogens (tertiary/aromatic N) is 4. The van der Waals surface area contributed by atoms with Gasteiger partial charge in [-0.15, -0.1) is 0 Å². The lowest BCUT2D eigenvalue weighted by atomic mass is 10.1. The van der Waals surface area contributed by atoms with Crippen molar-refractivity contribution in [3.8, 4) is 11.5 Å². The Morgan fingerprint density at radius 2 is 1.05 bits per heavy atom. The monoisotopic (exact) mass is 570 g/mol. The van der Waals surface area contributed by atoms with E-state index in [1.165, 1.54) is 6.07 Å². The van der Waals surface area contributed by atoms with Crippen molar-refractivity contribution >= 4 is 45.0 Å². The second-order valence-corrected chi connectivity index (χ2v) is 10.2. The number of hydrogen-bond acceptors (Lipinski definition) is 8. The summed E-state index contributed by atoms with van der Waals surface area (Å²) in [7, 11) is -4.52. The molecule has 4 rings (SSSR count). The fraction of sp³-hybridized carbons (Fsp3) is 0.161. The van der Waals surface area contributed by atoms with Crippen LogP contribution in [0.4, 0.5) is 22.7 Å². The lowest BCUT2D eigenvalue weighted by Gasteiger charge is -2.06. The summed E-state index contributed by atoms with van der Waals surface area (Å²) in [6.07, 6.45) is 3.40. The summed E-state index contributed by atoms with van der Waals surface area (Å²) in [6.45, 7) is 6.90. The zero-order valence-corrected chi connectivity index (χ0v) is 23.7. The highest BCUT2D eigenvalue weighted by molar-refractivity contribution is 7.86. The molecule has 0 saturated heterocycles. The van der Waals surface area contributed by atoms with Crippen LogP contribution in [0.25, 0.3) is 12.2 Å². The standard InChI is InChI=1S/C31H30N4O5S/c1-4-39-29-16-12-25(13-17-29)32-34-27-10-8-23(22(3)20-27)6-7-24-9-11-28(21-31(24)41(36,37)38)35-33-26-14-18-30(19-15-26)40-5-2/h6-21H,4-5H2,1-3H3,(H,36,37,38)/b7-6+,34-32?,35-33?. The van der Waals surface area contributed by atoms with Crippen LogP contribution in [0.15, 0.2) is 110 Å². The van der Waals surface area contributed by atoms with E-state index in [0.717, 1.165) is 22.6 Å². The van der Waals surface area contributed by atoms with Crippen molar-refractivity contribution < 1.29 is 22.4 Å². The van der Waals surface area contributed by atoms with Crippen LogP contribution in [-0.2, 0) is 10.1 Å². The Kier molecular flexibility index (Phi) is 9.73. The maximum absolute atomic E-state index is 12.1. The number of aryl methyl sites for hydroxylation is 1. The normalized spacial score (nSPS) is 12.0. The highest BCUT2D eigenvalue weighted by atomic mass is 32.2. The summed E-state index contributed by atoms with van der Waals surface area (Å²) in [5, 5.41) is 16.8. The Bertz CT molecular complexity index is 1680. The Labute approximate surface area is 239 Å². The average Bonchev–Trinajstić information content (AvgIpc) is 2.96. The van der Waals surface area contributed by atoms with Crippen LogP contribution in [0, 0.1) is 6.92 Å². The molecule has 0 bridgehead atoms. The summed E-state index contributed by atoms with van der Waals surface area (Å²) >= 11 is 0. The molecule has 0 aliphatic heterocycles. The van der Waals surface area contributed by atoms with E-state index >= 15 is 0 Å². The highest BCUT2D eigenvalue weighted by Gasteiger charge is 2.15. The molecule has 0 aliphatic carbocycles. The molecule has 0 aliphatic rings. The van der Waals surface area contributed by atoms with Gasteiger partial charge in [-0.3, -0.25) is 4.55 Å². The first-order valence-electron chi connectivity index (χ1n) is 12.9. The van der Waals surface area contributed by atoms with E-state index in [1.807, 2.05) is 63.2 Å². The van der Waals surface area contributed by atoms with Gasteiger partial charge in [-0.25, -0.2) is 0 Å². The van der Waals surface area contributed by atoms with Crippen molar-refractivity contribution in [1.82, 2.24) is 0 Å². The van der Waals surface area contributed by atoms with E-state index in [-0.39, 0.29) is 10.6 Å². The third-order valence-corrected chi connectivity index (χ3v) is 6.74. The summed E-state index contributed by atoms with van der Waals surface area (Å²) in [5.41, 5.74) is 4.31. The van der Waals surface area contributed by atoms with Gasteiger partial charge in [-0.2, -0.15) is 28.9 Å². The molecule has 210 valence electrons. The first-order valence-corrected chi connectivity index (χ1v) is 14.4. The number of ether oxygens (including phenoxy) is 2. The molecule has 9 nitrogen and oxygen atoms in total. The molecular weight excluding hydrogens is 540 g/mol. The van der Waals surface area contributed by atoms with Gasteiger partial charge in [-0.05, 0) is 110 Å². The van der Waals surface area contributed by atoms with Crippen LogP contribution in [0.1, 0.15) is 30.5 Å². The summed E-state index contributed by atoms with van der Waals surface area (Å²) in [6, 6.07) is 24.4. The highest BCUT2D eigenvalue weighted by Crippen LogP contribution is 2.28. The Hall–Kier alpha value is -4.67. The predicted molar refractivity (Wildman–Crippen MR) is 160 cm³/mol. The number of azo groups is 2. The summed E-state index contributed by atoms with van der Waals surface area (Å²) in [5.74, 6) is 1.49. The number of benzene rings is 4. The van der Waals surface area contributed by atoms with Crippen LogP contribution in [-0.4, -0.2) is 26.2 Å². The quantitative estimate of drug-likeness (QED) is 0.109. The minimum absolute atomic E-state index is 0.268. The topological polar surface area (TPSA) is 122 Å². The van der Waals surface area contributed by atoms with Crippen LogP contribution in [0.3, 0.4) is 0 Å².